The van der Waals surface area contributed by atoms with E-state index in [1.165, 1.54) is 0 Å². The van der Waals surface area contributed by atoms with E-state index in [0.29, 0.717) is 11.5 Å². The number of fused-ring (bicyclic) bond motifs is 3. The van der Waals surface area contributed by atoms with Gasteiger partial charge in [-0.15, -0.1) is 0 Å². The number of anilines is 1. The maximum Gasteiger partial charge on any atom is 0.342 e. The molecular weight excluding hydrogens is 372 g/mol. The van der Waals surface area contributed by atoms with Gasteiger partial charge in [-0.25, -0.2) is 14.7 Å². The fourth-order valence-electron chi connectivity index (χ4n) is 3.83. The lowest BCUT2D eigenvalue weighted by Crippen LogP contribution is -2.56. The Hall–Kier alpha value is -3.26. The number of carboxylic acids is 1. The molecule has 3 heterocycles. The van der Waals surface area contributed by atoms with Crippen molar-refractivity contribution in [2.45, 2.75) is 32.6 Å². The quantitative estimate of drug-likeness (QED) is 0.797. The third-order valence-corrected chi connectivity index (χ3v) is 5.80. The van der Waals surface area contributed by atoms with Crippen LogP contribution in [0.5, 0.6) is 0 Å². The smallest absolute Gasteiger partial charge is 0.342 e. The van der Waals surface area contributed by atoms with Gasteiger partial charge in [-0.1, -0.05) is 32.0 Å². The Morgan fingerprint density at radius 2 is 1.90 bits per heavy atom. The van der Waals surface area contributed by atoms with Gasteiger partial charge in [0, 0.05) is 18.8 Å². The molecule has 8 nitrogen and oxygen atoms in total. The molecule has 2 atom stereocenters. The maximum atomic E-state index is 13.5. The number of rotatable bonds is 4. The van der Waals surface area contributed by atoms with E-state index in [1.54, 1.807) is 23.2 Å². The molecule has 4 rings (SSSR count). The largest absolute Gasteiger partial charge is 0.870 e. The second-order valence-corrected chi connectivity index (χ2v) is 7.69. The molecule has 0 spiro atoms. The Labute approximate surface area is 169 Å². The molecule has 0 aliphatic carbocycles. The zero-order valence-corrected chi connectivity index (χ0v) is 16.8. The number of amidine groups is 1. The summed E-state index contributed by atoms with van der Waals surface area (Å²) in [5.41, 5.74) is 0.588. The number of nitrogens with zero attached hydrogens (tertiary/aromatic N) is 4. The fraction of sp³-hybridized carbons (Fsp3) is 0.333. The molecule has 152 valence electrons. The van der Waals surface area contributed by atoms with Crippen LogP contribution in [0.25, 0.3) is 0 Å². The van der Waals surface area contributed by atoms with Crippen molar-refractivity contribution in [1.82, 2.24) is 4.90 Å². The predicted molar refractivity (Wildman–Crippen MR) is 106 cm³/mol. The molecule has 1 amide bonds. The Morgan fingerprint density at radius 1 is 1.24 bits per heavy atom. The van der Waals surface area contributed by atoms with Crippen LogP contribution in [-0.2, 0) is 4.79 Å². The molecule has 29 heavy (non-hydrogen) atoms. The van der Waals surface area contributed by atoms with Crippen molar-refractivity contribution in [3.63, 3.8) is 0 Å². The summed E-state index contributed by atoms with van der Waals surface area (Å²) in [5, 5.41) is 9.73. The van der Waals surface area contributed by atoms with Gasteiger partial charge in [0.25, 0.3) is 11.6 Å². The van der Waals surface area contributed by atoms with Crippen LogP contribution in [0.15, 0.2) is 53.7 Å². The molecule has 0 bridgehead atoms. The van der Waals surface area contributed by atoms with Crippen molar-refractivity contribution < 1.29 is 24.7 Å². The first-order valence-corrected chi connectivity index (χ1v) is 9.26. The molecule has 2 aliphatic rings. The van der Waals surface area contributed by atoms with Crippen LogP contribution in [0.1, 0.15) is 43.1 Å². The molecule has 0 radical (unpaired) electrons. The highest BCUT2D eigenvalue weighted by Crippen LogP contribution is 2.39. The summed E-state index contributed by atoms with van der Waals surface area (Å²) in [6.07, 6.45) is 1.27. The summed E-state index contributed by atoms with van der Waals surface area (Å²) in [6.45, 7) is 5.73. The first-order chi connectivity index (χ1) is 13.3. The average Bonchev–Trinajstić information content (AvgIpc) is 3.14. The molecule has 2 N–H and O–H groups in total. The average molecular weight is 396 g/mol. The van der Waals surface area contributed by atoms with Crippen molar-refractivity contribution in [3.05, 3.63) is 59.9 Å². The number of benzene rings is 1. The van der Waals surface area contributed by atoms with E-state index in [-0.39, 0.29) is 22.9 Å². The molecule has 1 aromatic heterocycles. The van der Waals surface area contributed by atoms with Crippen LogP contribution in [0.4, 0.5) is 5.69 Å². The van der Waals surface area contributed by atoms with Crippen molar-refractivity contribution in [2.24, 2.45) is 10.9 Å². The van der Waals surface area contributed by atoms with Gasteiger partial charge in [-0.2, -0.15) is 4.57 Å². The lowest BCUT2D eigenvalue weighted by molar-refractivity contribution is -0.726. The van der Waals surface area contributed by atoms with Gasteiger partial charge in [0.15, 0.2) is 6.20 Å². The van der Waals surface area contributed by atoms with E-state index < -0.39 is 17.8 Å². The minimum Gasteiger partial charge on any atom is -0.870 e. The van der Waals surface area contributed by atoms with E-state index >= 15 is 0 Å². The van der Waals surface area contributed by atoms with Crippen molar-refractivity contribution in [2.75, 3.05) is 11.9 Å². The van der Waals surface area contributed by atoms with Crippen LogP contribution in [-0.4, -0.2) is 45.8 Å². The molecule has 0 fully saturated rings. The molecule has 0 saturated heterocycles. The lowest BCUT2D eigenvalue weighted by atomic mass is 9.89. The summed E-state index contributed by atoms with van der Waals surface area (Å²) in [5.74, 6) is -0.760. The van der Waals surface area contributed by atoms with Gasteiger partial charge >= 0.3 is 12.3 Å². The summed E-state index contributed by atoms with van der Waals surface area (Å²) in [6, 6.07) is 12.9. The molecule has 2 aliphatic heterocycles. The monoisotopic (exact) mass is 396 g/mol. The van der Waals surface area contributed by atoms with Crippen molar-refractivity contribution in [1.29, 1.82) is 0 Å². The standard InChI is InChI=1S/C21H22N4O3.H2O/c1-13(2)21(3)19(28)25-17(22-21)16-15(18(26)27)11-8-12-24(16)20(25)23(4)14-9-6-5-7-10-14;/h5-13,20H,1-4H3;1H2. The summed E-state index contributed by atoms with van der Waals surface area (Å²) < 4.78 is 1.81. The van der Waals surface area contributed by atoms with Gasteiger partial charge in [-0.05, 0) is 31.0 Å². The first kappa shape index (κ1) is 20.5. The highest BCUT2D eigenvalue weighted by Gasteiger charge is 2.60. The van der Waals surface area contributed by atoms with Crippen LogP contribution < -0.4 is 9.47 Å². The number of hydrogen-bond donors (Lipinski definition) is 1. The highest BCUT2D eigenvalue weighted by molar-refractivity contribution is 6.17. The van der Waals surface area contributed by atoms with Crippen molar-refractivity contribution >= 4 is 23.4 Å². The minimum absolute atomic E-state index is 0. The summed E-state index contributed by atoms with van der Waals surface area (Å²) >= 11 is 0. The molecule has 1 aromatic carbocycles. The predicted octanol–water partition coefficient (Wildman–Crippen LogP) is 2.11. The van der Waals surface area contributed by atoms with E-state index in [1.807, 2.05) is 67.6 Å². The van der Waals surface area contributed by atoms with Gasteiger partial charge < -0.3 is 10.6 Å². The van der Waals surface area contributed by atoms with E-state index in [9.17, 15) is 14.7 Å². The second-order valence-electron chi connectivity index (χ2n) is 7.69. The number of carbonyl (C=O) groups is 2. The number of carbonyl (C=O) groups excluding carboxylic acids is 1. The third kappa shape index (κ3) is 2.79. The number of pyridine rings is 1. The van der Waals surface area contributed by atoms with Crippen LogP contribution >= 0.6 is 0 Å². The number of carboxylic acid groups (broad SMARTS) is 1. The Morgan fingerprint density at radius 3 is 2.48 bits per heavy atom. The Balaban J connectivity index is 0.00000240. The number of para-hydroxylation sites is 1. The number of aromatic carboxylic acids is 1. The maximum absolute atomic E-state index is 13.5. The number of aliphatic imine (C=N–C) groups is 1. The highest BCUT2D eigenvalue weighted by atomic mass is 16.4. The van der Waals surface area contributed by atoms with E-state index in [4.69, 9.17) is 4.99 Å². The molecule has 8 heteroatoms. The van der Waals surface area contributed by atoms with Gasteiger partial charge in [-0.3, -0.25) is 9.69 Å². The topological polar surface area (TPSA) is 107 Å². The molecular formula is C21H24N4O4. The normalized spacial score (nSPS) is 22.1. The zero-order valence-electron chi connectivity index (χ0n) is 16.8. The molecule has 2 aromatic rings. The zero-order chi connectivity index (χ0) is 20.2. The fourth-order valence-corrected chi connectivity index (χ4v) is 3.83. The second kappa shape index (κ2) is 6.97. The number of aromatic nitrogens is 1. The van der Waals surface area contributed by atoms with Gasteiger partial charge in [0.2, 0.25) is 5.84 Å². The third-order valence-electron chi connectivity index (χ3n) is 5.80. The van der Waals surface area contributed by atoms with Gasteiger partial charge in [0.05, 0.1) is 0 Å². The minimum atomic E-state index is -1.04. The number of amides is 1. The Kier molecular flexibility index (Phi) is 4.92. The van der Waals surface area contributed by atoms with Crippen LogP contribution in [0.3, 0.4) is 0 Å². The van der Waals surface area contributed by atoms with E-state index in [2.05, 4.69) is 0 Å². The van der Waals surface area contributed by atoms with Gasteiger partial charge in [0.1, 0.15) is 11.1 Å². The van der Waals surface area contributed by atoms with Crippen LogP contribution in [0.2, 0.25) is 0 Å². The summed E-state index contributed by atoms with van der Waals surface area (Å²) in [4.78, 5) is 33.7. The SMILES string of the molecule is CC(C)C1(C)N=C2c3c(C(=O)O)ccc[n+]3C(N(C)c3ccccc3)N2C1=O.[OH-]. The van der Waals surface area contributed by atoms with Crippen LogP contribution in [0, 0.1) is 5.92 Å². The van der Waals surface area contributed by atoms with E-state index in [0.717, 1.165) is 5.69 Å². The number of hydrogen-bond acceptors (Lipinski definition) is 5. The first-order valence-electron chi connectivity index (χ1n) is 9.26. The lowest BCUT2D eigenvalue weighted by Gasteiger charge is -2.30. The van der Waals surface area contributed by atoms with Crippen molar-refractivity contribution in [3.8, 4) is 0 Å². The molecule has 2 unspecified atom stereocenters. The summed E-state index contributed by atoms with van der Waals surface area (Å²) in [7, 11) is 1.89. The Bertz CT molecular complexity index is 1000. The molecule has 0 saturated carbocycles.